The van der Waals surface area contributed by atoms with Crippen molar-refractivity contribution in [1.29, 1.82) is 0 Å². The van der Waals surface area contributed by atoms with Crippen LogP contribution in [0.4, 0.5) is 0 Å². The van der Waals surface area contributed by atoms with Crippen molar-refractivity contribution in [3.05, 3.63) is 35.9 Å². The molecule has 7 nitrogen and oxygen atoms in total. The average molecular weight is 320 g/mol. The van der Waals surface area contributed by atoms with E-state index >= 15 is 0 Å². The number of rotatable bonds is 8. The van der Waals surface area contributed by atoms with E-state index in [2.05, 4.69) is 15.6 Å². The number of hydroxylamine groups is 1. The Balaban J connectivity index is 2.49. The van der Waals surface area contributed by atoms with Crippen LogP contribution in [0.1, 0.15) is 19.4 Å². The van der Waals surface area contributed by atoms with E-state index < -0.39 is 30.1 Å². The van der Waals surface area contributed by atoms with Gasteiger partial charge in [0.1, 0.15) is 24.8 Å². The molecule has 23 heavy (non-hydrogen) atoms. The van der Waals surface area contributed by atoms with Gasteiger partial charge >= 0.3 is 5.97 Å². The number of hydrogen-bond donors (Lipinski definition) is 3. The molecule has 7 heteroatoms. The number of nitrogens with one attached hydrogen (secondary N) is 2. The van der Waals surface area contributed by atoms with Crippen LogP contribution in [0.2, 0.25) is 0 Å². The Morgan fingerprint density at radius 1 is 1.30 bits per heavy atom. The maximum absolute atomic E-state index is 12.0. The van der Waals surface area contributed by atoms with Gasteiger partial charge in [0.15, 0.2) is 0 Å². The number of aliphatic hydroxyl groups excluding tert-OH is 1. The second kappa shape index (κ2) is 9.46. The van der Waals surface area contributed by atoms with E-state index in [9.17, 15) is 14.7 Å². The molecule has 0 spiro atoms. The Bertz CT molecular complexity index is 553. The number of hydrogen-bond acceptors (Lipinski definition) is 6. The lowest BCUT2D eigenvalue weighted by molar-refractivity contribution is -0.149. The van der Waals surface area contributed by atoms with Crippen molar-refractivity contribution >= 4 is 11.9 Å². The molecule has 3 N–H and O–H groups in total. The molecule has 0 saturated heterocycles. The molecular formula is C16H20N2O5. The molecule has 0 aromatic heterocycles. The third kappa shape index (κ3) is 6.38. The van der Waals surface area contributed by atoms with E-state index in [1.165, 1.54) is 13.8 Å². The second-order valence-electron chi connectivity index (χ2n) is 4.88. The first kappa shape index (κ1) is 18.5. The van der Waals surface area contributed by atoms with Gasteiger partial charge in [0, 0.05) is 0 Å². The first-order chi connectivity index (χ1) is 11.0. The fraction of sp³-hybridized carbons (Fsp3) is 0.375. The first-order valence-electron chi connectivity index (χ1n) is 7.01. The minimum absolute atomic E-state index is 0.109. The number of benzene rings is 1. The Kier molecular flexibility index (Phi) is 7.60. The van der Waals surface area contributed by atoms with Crippen molar-refractivity contribution in [3.8, 4) is 12.5 Å². The van der Waals surface area contributed by atoms with Crippen LogP contribution in [0.25, 0.3) is 0 Å². The van der Waals surface area contributed by atoms with Crippen LogP contribution in [0, 0.1) is 12.5 Å². The second-order valence-corrected chi connectivity index (χ2v) is 4.88. The van der Waals surface area contributed by atoms with Gasteiger partial charge in [-0.3, -0.25) is 4.79 Å². The van der Waals surface area contributed by atoms with E-state index in [0.717, 1.165) is 5.56 Å². The van der Waals surface area contributed by atoms with Crippen molar-refractivity contribution in [2.24, 2.45) is 0 Å². The highest BCUT2D eigenvalue weighted by Gasteiger charge is 2.27. The summed E-state index contributed by atoms with van der Waals surface area (Å²) in [6.07, 6.45) is 5.65. The molecule has 0 aliphatic rings. The SMILES string of the molecule is C#CONC(C(=O)NC(C)C(=O)OCc1ccccc1)C(C)O. The third-order valence-electron chi connectivity index (χ3n) is 2.95. The molecule has 1 rings (SSSR count). The van der Waals surface area contributed by atoms with Gasteiger partial charge in [0.25, 0.3) is 0 Å². The number of ether oxygens (including phenoxy) is 1. The van der Waals surface area contributed by atoms with Crippen LogP contribution in [-0.4, -0.2) is 35.2 Å². The standard InChI is InChI=1S/C16H20N2O5/c1-4-23-18-14(12(3)19)15(20)17-11(2)16(21)22-10-13-8-6-5-7-9-13/h1,5-9,11-12,14,18-19H,10H2,2-3H3,(H,17,20). The minimum Gasteiger partial charge on any atom is -0.459 e. The molecule has 0 aliphatic heterocycles. The molecule has 0 radical (unpaired) electrons. The van der Waals surface area contributed by atoms with E-state index in [1.54, 1.807) is 0 Å². The molecule has 0 aliphatic carbocycles. The van der Waals surface area contributed by atoms with Crippen molar-refractivity contribution in [1.82, 2.24) is 10.8 Å². The summed E-state index contributed by atoms with van der Waals surface area (Å²) in [5.41, 5.74) is 3.06. The summed E-state index contributed by atoms with van der Waals surface area (Å²) in [6.45, 7) is 2.97. The first-order valence-corrected chi connectivity index (χ1v) is 7.01. The molecule has 0 heterocycles. The van der Waals surface area contributed by atoms with Crippen LogP contribution < -0.4 is 10.8 Å². The molecule has 0 fully saturated rings. The zero-order valence-electron chi connectivity index (χ0n) is 13.0. The van der Waals surface area contributed by atoms with Crippen LogP contribution in [0.5, 0.6) is 0 Å². The van der Waals surface area contributed by atoms with Gasteiger partial charge in [0.2, 0.25) is 5.91 Å². The maximum Gasteiger partial charge on any atom is 0.328 e. The van der Waals surface area contributed by atoms with E-state index in [4.69, 9.17) is 11.2 Å². The lowest BCUT2D eigenvalue weighted by Crippen LogP contribution is -2.53. The molecule has 0 saturated carbocycles. The quantitative estimate of drug-likeness (QED) is 0.357. The summed E-state index contributed by atoms with van der Waals surface area (Å²) in [6, 6.07) is 7.16. The number of carbonyl (C=O) groups excluding carboxylic acids is 2. The van der Waals surface area contributed by atoms with Gasteiger partial charge < -0.3 is 20.0 Å². The number of carbonyl (C=O) groups is 2. The summed E-state index contributed by atoms with van der Waals surface area (Å²) < 4.78 is 5.11. The molecule has 1 amide bonds. The van der Waals surface area contributed by atoms with Gasteiger partial charge in [0.05, 0.1) is 6.10 Å². The molecule has 1 aromatic carbocycles. The van der Waals surface area contributed by atoms with Crippen LogP contribution in [0.15, 0.2) is 30.3 Å². The van der Waals surface area contributed by atoms with Crippen molar-refractivity contribution in [2.45, 2.75) is 38.6 Å². The summed E-state index contributed by atoms with van der Waals surface area (Å²) >= 11 is 0. The van der Waals surface area contributed by atoms with Crippen molar-refractivity contribution in [2.75, 3.05) is 0 Å². The van der Waals surface area contributed by atoms with Gasteiger partial charge in [-0.05, 0) is 19.4 Å². The fourth-order valence-electron chi connectivity index (χ4n) is 1.68. The molecule has 3 atom stereocenters. The van der Waals surface area contributed by atoms with Gasteiger partial charge in [-0.25, -0.2) is 4.79 Å². The zero-order valence-corrected chi connectivity index (χ0v) is 13.0. The van der Waals surface area contributed by atoms with Crippen LogP contribution >= 0.6 is 0 Å². The molecular weight excluding hydrogens is 300 g/mol. The van der Waals surface area contributed by atoms with Gasteiger partial charge in [-0.1, -0.05) is 36.8 Å². The highest BCUT2D eigenvalue weighted by molar-refractivity contribution is 5.87. The summed E-state index contributed by atoms with van der Waals surface area (Å²) in [4.78, 5) is 28.3. The lowest BCUT2D eigenvalue weighted by Gasteiger charge is -2.21. The van der Waals surface area contributed by atoms with Gasteiger partial charge in [-0.2, -0.15) is 0 Å². The lowest BCUT2D eigenvalue weighted by atomic mass is 10.1. The molecule has 3 unspecified atom stereocenters. The Labute approximate surface area is 134 Å². The predicted octanol–water partition coefficient (Wildman–Crippen LogP) is 0.0958. The average Bonchev–Trinajstić information content (AvgIpc) is 2.53. The normalized spacial score (nSPS) is 14.0. The summed E-state index contributed by atoms with van der Waals surface area (Å²) in [5, 5.41) is 11.9. The zero-order chi connectivity index (χ0) is 17.2. The van der Waals surface area contributed by atoms with Crippen molar-refractivity contribution < 1.29 is 24.3 Å². The largest absolute Gasteiger partial charge is 0.459 e. The topological polar surface area (TPSA) is 96.9 Å². The van der Waals surface area contributed by atoms with E-state index in [-0.39, 0.29) is 6.61 Å². The minimum atomic E-state index is -1.12. The van der Waals surface area contributed by atoms with E-state index in [0.29, 0.717) is 0 Å². The summed E-state index contributed by atoms with van der Waals surface area (Å²) in [7, 11) is 0. The predicted molar refractivity (Wildman–Crippen MR) is 82.4 cm³/mol. The molecule has 124 valence electrons. The molecule has 1 aromatic rings. The van der Waals surface area contributed by atoms with E-state index in [1.807, 2.05) is 36.4 Å². The summed E-state index contributed by atoms with van der Waals surface area (Å²) in [5.74, 6) is -1.23. The third-order valence-corrected chi connectivity index (χ3v) is 2.95. The van der Waals surface area contributed by atoms with Crippen LogP contribution in [-0.2, 0) is 25.8 Å². The number of amides is 1. The number of terminal acetylenes is 1. The maximum atomic E-state index is 12.0. The number of aliphatic hydroxyl groups is 1. The highest BCUT2D eigenvalue weighted by atomic mass is 16.6. The number of esters is 1. The Morgan fingerprint density at radius 3 is 2.52 bits per heavy atom. The van der Waals surface area contributed by atoms with Gasteiger partial charge in [-0.15, -0.1) is 5.48 Å². The van der Waals surface area contributed by atoms with Crippen LogP contribution in [0.3, 0.4) is 0 Å². The Hall–Kier alpha value is -2.56. The monoisotopic (exact) mass is 320 g/mol. The molecule has 0 bridgehead atoms. The fourth-order valence-corrected chi connectivity index (χ4v) is 1.68. The smallest absolute Gasteiger partial charge is 0.328 e. The Morgan fingerprint density at radius 2 is 1.96 bits per heavy atom. The highest BCUT2D eigenvalue weighted by Crippen LogP contribution is 2.02. The van der Waals surface area contributed by atoms with Crippen molar-refractivity contribution in [3.63, 3.8) is 0 Å².